The maximum Gasteiger partial charge on any atom is 0.252 e. The average Bonchev–Trinajstić information content (AvgIpc) is 2.81. The predicted octanol–water partition coefficient (Wildman–Crippen LogP) is 3.85. The van der Waals surface area contributed by atoms with Gasteiger partial charge in [-0.3, -0.25) is 14.2 Å². The van der Waals surface area contributed by atoms with Crippen molar-refractivity contribution in [3.8, 4) is 11.1 Å². The molecule has 0 bridgehead atoms. The number of morpholine rings is 1. The summed E-state index contributed by atoms with van der Waals surface area (Å²) in [4.78, 5) is 28.1. The number of aryl methyl sites for hydroxylation is 1. The van der Waals surface area contributed by atoms with Crippen LogP contribution in [0.5, 0.6) is 0 Å². The van der Waals surface area contributed by atoms with Crippen LogP contribution in [0, 0.1) is 6.92 Å². The van der Waals surface area contributed by atoms with Crippen molar-refractivity contribution in [2.24, 2.45) is 7.05 Å². The SMILES string of the molecule is Cc1ccc(C(=O)Cc2cccc(C(C)(C)O)c2)cc1-c1cc(N2CCOCC2)n(C)c(=O)c1. The van der Waals surface area contributed by atoms with E-state index >= 15 is 0 Å². The first kappa shape index (κ1) is 23.9. The Morgan fingerprint density at radius 2 is 1.79 bits per heavy atom. The number of carbonyl (C=O) groups is 1. The van der Waals surface area contributed by atoms with Gasteiger partial charge in [0.1, 0.15) is 5.82 Å². The van der Waals surface area contributed by atoms with E-state index in [1.165, 1.54) is 0 Å². The number of aliphatic hydroxyl groups is 1. The third kappa shape index (κ3) is 5.13. The Kier molecular flexibility index (Phi) is 6.73. The van der Waals surface area contributed by atoms with Crippen LogP contribution in [0.25, 0.3) is 11.1 Å². The Hall–Kier alpha value is -3.22. The summed E-state index contributed by atoms with van der Waals surface area (Å²) in [6.07, 6.45) is 0.238. The minimum atomic E-state index is -0.965. The second-order valence-electron chi connectivity index (χ2n) is 9.49. The summed E-state index contributed by atoms with van der Waals surface area (Å²) in [7, 11) is 1.78. The number of ether oxygens (including phenoxy) is 1. The molecule has 1 saturated heterocycles. The number of ketones is 1. The van der Waals surface area contributed by atoms with Gasteiger partial charge in [-0.05, 0) is 60.7 Å². The fourth-order valence-electron chi connectivity index (χ4n) is 4.33. The molecule has 0 unspecified atom stereocenters. The van der Waals surface area contributed by atoms with Gasteiger partial charge in [0.2, 0.25) is 0 Å². The van der Waals surface area contributed by atoms with Gasteiger partial charge in [-0.15, -0.1) is 0 Å². The monoisotopic (exact) mass is 460 g/mol. The maximum atomic E-state index is 13.2. The van der Waals surface area contributed by atoms with Gasteiger partial charge in [-0.1, -0.05) is 36.4 Å². The molecule has 6 heteroatoms. The normalized spacial score (nSPS) is 14.3. The van der Waals surface area contributed by atoms with Crippen LogP contribution in [0.3, 0.4) is 0 Å². The number of hydrogen-bond acceptors (Lipinski definition) is 5. The largest absolute Gasteiger partial charge is 0.386 e. The summed E-state index contributed by atoms with van der Waals surface area (Å²) < 4.78 is 7.12. The lowest BCUT2D eigenvalue weighted by Crippen LogP contribution is -2.39. The number of anilines is 1. The Bertz CT molecular complexity index is 1260. The number of Topliss-reactive ketones (excluding diaryl/α,β-unsaturated/α-hetero) is 1. The Morgan fingerprint density at radius 3 is 2.50 bits per heavy atom. The van der Waals surface area contributed by atoms with Gasteiger partial charge in [-0.25, -0.2) is 0 Å². The number of benzene rings is 2. The molecule has 1 aliphatic rings. The second-order valence-corrected chi connectivity index (χ2v) is 9.49. The minimum absolute atomic E-state index is 0.00798. The minimum Gasteiger partial charge on any atom is -0.386 e. The first-order chi connectivity index (χ1) is 16.1. The van der Waals surface area contributed by atoms with E-state index in [0.717, 1.165) is 46.7 Å². The van der Waals surface area contributed by atoms with E-state index < -0.39 is 5.60 Å². The molecule has 2 aromatic carbocycles. The number of carbonyl (C=O) groups excluding carboxylic acids is 1. The summed E-state index contributed by atoms with van der Waals surface area (Å²) in [6.45, 7) is 8.19. The summed E-state index contributed by atoms with van der Waals surface area (Å²) in [5.74, 6) is 0.844. The highest BCUT2D eigenvalue weighted by molar-refractivity contribution is 5.98. The first-order valence-corrected chi connectivity index (χ1v) is 11.6. The zero-order valence-electron chi connectivity index (χ0n) is 20.3. The molecule has 0 aliphatic carbocycles. The zero-order valence-corrected chi connectivity index (χ0v) is 20.3. The molecule has 4 rings (SSSR count). The lowest BCUT2D eigenvalue weighted by Gasteiger charge is -2.30. The molecule has 178 valence electrons. The van der Waals surface area contributed by atoms with Crippen LogP contribution in [-0.2, 0) is 23.8 Å². The smallest absolute Gasteiger partial charge is 0.252 e. The van der Waals surface area contributed by atoms with Gasteiger partial charge in [-0.2, -0.15) is 0 Å². The van der Waals surface area contributed by atoms with Crippen LogP contribution in [0.15, 0.2) is 59.4 Å². The molecule has 1 fully saturated rings. The van der Waals surface area contributed by atoms with Crippen LogP contribution in [0.2, 0.25) is 0 Å². The van der Waals surface area contributed by atoms with Crippen molar-refractivity contribution in [2.75, 3.05) is 31.2 Å². The van der Waals surface area contributed by atoms with E-state index in [4.69, 9.17) is 4.74 Å². The quantitative estimate of drug-likeness (QED) is 0.566. The molecule has 1 N–H and O–H groups in total. The van der Waals surface area contributed by atoms with E-state index in [1.807, 2.05) is 55.5 Å². The Morgan fingerprint density at radius 1 is 1.06 bits per heavy atom. The highest BCUT2D eigenvalue weighted by Crippen LogP contribution is 2.28. The summed E-state index contributed by atoms with van der Waals surface area (Å²) in [5, 5.41) is 10.3. The van der Waals surface area contributed by atoms with Gasteiger partial charge < -0.3 is 14.7 Å². The summed E-state index contributed by atoms with van der Waals surface area (Å²) >= 11 is 0. The fraction of sp³-hybridized carbons (Fsp3) is 0.357. The highest BCUT2D eigenvalue weighted by Gasteiger charge is 2.19. The van der Waals surface area contributed by atoms with Crippen molar-refractivity contribution < 1.29 is 14.6 Å². The number of nitrogens with zero attached hydrogens (tertiary/aromatic N) is 2. The summed E-state index contributed by atoms with van der Waals surface area (Å²) in [5.41, 5.74) is 3.87. The van der Waals surface area contributed by atoms with Crippen LogP contribution < -0.4 is 10.5 Å². The van der Waals surface area contributed by atoms with Gasteiger partial charge in [0.25, 0.3) is 5.56 Å². The van der Waals surface area contributed by atoms with Crippen molar-refractivity contribution in [1.29, 1.82) is 0 Å². The molecule has 0 radical (unpaired) electrons. The third-order valence-corrected chi connectivity index (χ3v) is 6.44. The van der Waals surface area contributed by atoms with E-state index in [0.29, 0.717) is 18.8 Å². The molecule has 1 aromatic heterocycles. The van der Waals surface area contributed by atoms with Crippen molar-refractivity contribution in [3.05, 3.63) is 87.2 Å². The number of aromatic nitrogens is 1. The molecule has 3 aromatic rings. The van der Waals surface area contributed by atoms with Crippen molar-refractivity contribution in [1.82, 2.24) is 4.57 Å². The lowest BCUT2D eigenvalue weighted by molar-refractivity contribution is 0.0784. The molecule has 0 spiro atoms. The zero-order chi connectivity index (χ0) is 24.5. The number of pyridine rings is 1. The van der Waals surface area contributed by atoms with Gasteiger partial charge in [0, 0.05) is 38.2 Å². The Labute approximate surface area is 200 Å². The molecular weight excluding hydrogens is 428 g/mol. The van der Waals surface area contributed by atoms with Crippen LogP contribution in [-0.4, -0.2) is 41.8 Å². The first-order valence-electron chi connectivity index (χ1n) is 11.6. The van der Waals surface area contributed by atoms with Crippen LogP contribution in [0.1, 0.15) is 40.9 Å². The summed E-state index contributed by atoms with van der Waals surface area (Å²) in [6, 6.07) is 16.8. The fourth-order valence-corrected chi connectivity index (χ4v) is 4.33. The molecule has 0 saturated carbocycles. The molecule has 6 nitrogen and oxygen atoms in total. The second kappa shape index (κ2) is 9.57. The van der Waals surface area contributed by atoms with Crippen LogP contribution >= 0.6 is 0 Å². The lowest BCUT2D eigenvalue weighted by atomic mass is 9.92. The third-order valence-electron chi connectivity index (χ3n) is 6.44. The van der Waals surface area contributed by atoms with E-state index in [1.54, 1.807) is 31.5 Å². The topological polar surface area (TPSA) is 71.8 Å². The number of rotatable bonds is 6. The molecule has 0 atom stereocenters. The standard InChI is InChI=1S/C28H32N2O4/c1-19-8-9-21(25(31)15-20-6-5-7-23(14-20)28(2,3)33)16-24(19)22-17-26(29(4)27(32)18-22)30-10-12-34-13-11-30/h5-9,14,16-18,33H,10-13,15H2,1-4H3. The Balaban J connectivity index is 1.66. The average molecular weight is 461 g/mol. The number of hydrogen-bond donors (Lipinski definition) is 1. The predicted molar refractivity (Wildman–Crippen MR) is 135 cm³/mol. The van der Waals surface area contributed by atoms with Gasteiger partial charge in [0.05, 0.1) is 18.8 Å². The van der Waals surface area contributed by atoms with Gasteiger partial charge >= 0.3 is 0 Å². The van der Waals surface area contributed by atoms with Gasteiger partial charge in [0.15, 0.2) is 5.78 Å². The molecule has 1 aliphatic heterocycles. The maximum absolute atomic E-state index is 13.2. The molecular formula is C28H32N2O4. The van der Waals surface area contributed by atoms with Crippen LogP contribution in [0.4, 0.5) is 5.82 Å². The van der Waals surface area contributed by atoms with E-state index in [-0.39, 0.29) is 17.8 Å². The van der Waals surface area contributed by atoms with Crippen molar-refractivity contribution in [3.63, 3.8) is 0 Å². The molecule has 34 heavy (non-hydrogen) atoms. The van der Waals surface area contributed by atoms with E-state index in [9.17, 15) is 14.7 Å². The van der Waals surface area contributed by atoms with Crippen molar-refractivity contribution >= 4 is 11.6 Å². The molecule has 2 heterocycles. The molecule has 0 amide bonds. The van der Waals surface area contributed by atoms with E-state index in [2.05, 4.69) is 4.90 Å². The van der Waals surface area contributed by atoms with Crippen molar-refractivity contribution in [2.45, 2.75) is 32.8 Å². The highest BCUT2D eigenvalue weighted by atomic mass is 16.5.